The lowest BCUT2D eigenvalue weighted by Crippen LogP contribution is -2.16. The van der Waals surface area contributed by atoms with Crippen molar-refractivity contribution in [1.82, 2.24) is 14.8 Å². The van der Waals surface area contributed by atoms with Crippen molar-refractivity contribution in [2.24, 2.45) is 0 Å². The molecule has 3 rings (SSSR count). The Balaban J connectivity index is 1.72. The van der Waals surface area contributed by atoms with Crippen LogP contribution >= 0.6 is 46.6 Å². The summed E-state index contributed by atoms with van der Waals surface area (Å²) in [5.74, 6) is 1.66. The van der Waals surface area contributed by atoms with Crippen molar-refractivity contribution < 1.29 is 19.0 Å². The first-order valence-corrected chi connectivity index (χ1v) is 12.4. The molecule has 0 saturated heterocycles. The van der Waals surface area contributed by atoms with Crippen LogP contribution in [0.15, 0.2) is 48.1 Å². The maximum absolute atomic E-state index is 12.7. The molecule has 0 fully saturated rings. The minimum absolute atomic E-state index is 0.0711. The molecule has 1 aromatic heterocycles. The average molecular weight is 558 g/mol. The lowest BCUT2D eigenvalue weighted by Gasteiger charge is -2.16. The van der Waals surface area contributed by atoms with Gasteiger partial charge in [0.05, 0.1) is 35.7 Å². The standard InChI is InChI=1S/C23H23Cl3N4O4S/c1-5-8-30-22(13(2)34-18-7-6-14(24)9-15(18)25)28-29-23(30)35-12-21(31)27-17-11-19(32-3)16(26)10-20(17)33-4/h5-7,9-11,13H,1,8,12H2,2-4H3,(H,27,31). The van der Waals surface area contributed by atoms with Crippen molar-refractivity contribution >= 4 is 58.2 Å². The second kappa shape index (κ2) is 12.4. The molecule has 2 aromatic carbocycles. The Morgan fingerprint density at radius 2 is 1.83 bits per heavy atom. The van der Waals surface area contributed by atoms with Crippen LogP contribution in [0.2, 0.25) is 15.1 Å². The van der Waals surface area contributed by atoms with Gasteiger partial charge in [0.2, 0.25) is 5.91 Å². The second-order valence-corrected chi connectivity index (χ2v) is 9.29. The van der Waals surface area contributed by atoms with Gasteiger partial charge >= 0.3 is 0 Å². The number of carbonyl (C=O) groups is 1. The molecule has 1 N–H and O–H groups in total. The summed E-state index contributed by atoms with van der Waals surface area (Å²) in [6.45, 7) is 6.06. The summed E-state index contributed by atoms with van der Waals surface area (Å²) < 4.78 is 18.3. The highest BCUT2D eigenvalue weighted by atomic mass is 35.5. The third kappa shape index (κ3) is 6.76. The van der Waals surface area contributed by atoms with Gasteiger partial charge in [0, 0.05) is 23.7 Å². The zero-order valence-electron chi connectivity index (χ0n) is 19.2. The molecule has 0 aliphatic carbocycles. The number of amides is 1. The van der Waals surface area contributed by atoms with E-state index < -0.39 is 6.10 Å². The summed E-state index contributed by atoms with van der Waals surface area (Å²) in [5, 5.41) is 13.1. The Kier molecular flexibility index (Phi) is 9.56. The van der Waals surface area contributed by atoms with Crippen molar-refractivity contribution in [1.29, 1.82) is 0 Å². The Morgan fingerprint density at radius 3 is 2.49 bits per heavy atom. The molecular weight excluding hydrogens is 535 g/mol. The fourth-order valence-corrected chi connectivity index (χ4v) is 4.54. The molecule has 1 heterocycles. The quantitative estimate of drug-likeness (QED) is 0.218. The number of anilines is 1. The number of rotatable bonds is 11. The van der Waals surface area contributed by atoms with Crippen molar-refractivity contribution in [2.45, 2.75) is 24.7 Å². The molecule has 0 radical (unpaired) electrons. The third-order valence-electron chi connectivity index (χ3n) is 4.70. The molecule has 1 amide bonds. The Labute approximate surface area is 222 Å². The molecule has 0 spiro atoms. The smallest absolute Gasteiger partial charge is 0.234 e. The molecular formula is C23H23Cl3N4O4S. The fourth-order valence-electron chi connectivity index (χ4n) is 3.10. The average Bonchev–Trinajstić information content (AvgIpc) is 3.23. The number of allylic oxidation sites excluding steroid dienone is 1. The first-order valence-electron chi connectivity index (χ1n) is 10.3. The number of nitrogens with one attached hydrogen (secondary N) is 1. The van der Waals surface area contributed by atoms with Gasteiger partial charge in [-0.3, -0.25) is 9.36 Å². The monoisotopic (exact) mass is 556 g/mol. The van der Waals surface area contributed by atoms with Crippen LogP contribution in [0.3, 0.4) is 0 Å². The molecule has 186 valence electrons. The Hall–Kier alpha value is -2.59. The zero-order valence-corrected chi connectivity index (χ0v) is 22.3. The highest BCUT2D eigenvalue weighted by Crippen LogP contribution is 2.36. The predicted octanol–water partition coefficient (Wildman–Crippen LogP) is 6.31. The van der Waals surface area contributed by atoms with E-state index in [-0.39, 0.29) is 11.7 Å². The lowest BCUT2D eigenvalue weighted by molar-refractivity contribution is -0.113. The van der Waals surface area contributed by atoms with E-state index in [2.05, 4.69) is 22.1 Å². The molecule has 0 bridgehead atoms. The molecule has 1 unspecified atom stereocenters. The number of ether oxygens (including phenoxy) is 3. The number of nitrogens with zero attached hydrogens (tertiary/aromatic N) is 3. The van der Waals surface area contributed by atoms with E-state index in [0.29, 0.717) is 55.5 Å². The van der Waals surface area contributed by atoms with Gasteiger partial charge in [0.1, 0.15) is 17.2 Å². The molecule has 0 aliphatic heterocycles. The topological polar surface area (TPSA) is 87.5 Å². The number of aromatic nitrogens is 3. The van der Waals surface area contributed by atoms with Gasteiger partial charge < -0.3 is 19.5 Å². The highest BCUT2D eigenvalue weighted by Gasteiger charge is 2.21. The molecule has 1 atom stereocenters. The summed E-state index contributed by atoms with van der Waals surface area (Å²) in [4.78, 5) is 12.7. The van der Waals surface area contributed by atoms with Crippen LogP contribution in [0.5, 0.6) is 17.2 Å². The van der Waals surface area contributed by atoms with Gasteiger partial charge in [0.15, 0.2) is 17.1 Å². The first kappa shape index (κ1) is 27.0. The Morgan fingerprint density at radius 1 is 1.11 bits per heavy atom. The number of methoxy groups -OCH3 is 2. The van der Waals surface area contributed by atoms with Gasteiger partial charge in [-0.05, 0) is 25.1 Å². The first-order chi connectivity index (χ1) is 16.8. The van der Waals surface area contributed by atoms with E-state index in [1.165, 1.54) is 26.0 Å². The van der Waals surface area contributed by atoms with Gasteiger partial charge in [-0.2, -0.15) is 0 Å². The van der Waals surface area contributed by atoms with Crippen LogP contribution in [-0.2, 0) is 11.3 Å². The predicted molar refractivity (Wildman–Crippen MR) is 140 cm³/mol. The van der Waals surface area contributed by atoms with Crippen LogP contribution in [0.4, 0.5) is 5.69 Å². The molecule has 0 aliphatic rings. The minimum Gasteiger partial charge on any atom is -0.495 e. The molecule has 12 heteroatoms. The highest BCUT2D eigenvalue weighted by molar-refractivity contribution is 7.99. The summed E-state index contributed by atoms with van der Waals surface area (Å²) in [5.41, 5.74) is 0.439. The van der Waals surface area contributed by atoms with Crippen molar-refractivity contribution in [3.05, 3.63) is 63.9 Å². The van der Waals surface area contributed by atoms with Crippen LogP contribution in [0.1, 0.15) is 18.9 Å². The number of thioether (sulfide) groups is 1. The lowest BCUT2D eigenvalue weighted by atomic mass is 10.2. The summed E-state index contributed by atoms with van der Waals surface area (Å²) in [6.07, 6.45) is 1.24. The summed E-state index contributed by atoms with van der Waals surface area (Å²) >= 11 is 19.5. The fraction of sp³-hybridized carbons (Fsp3) is 0.261. The van der Waals surface area contributed by atoms with Crippen molar-refractivity contribution in [3.8, 4) is 17.2 Å². The third-order valence-corrected chi connectivity index (χ3v) is 6.49. The molecule has 3 aromatic rings. The normalized spacial score (nSPS) is 11.6. The van der Waals surface area contributed by atoms with Crippen LogP contribution in [0, 0.1) is 0 Å². The van der Waals surface area contributed by atoms with Crippen molar-refractivity contribution in [3.63, 3.8) is 0 Å². The SMILES string of the molecule is C=CCn1c(SCC(=O)Nc2cc(OC)c(Cl)cc2OC)nnc1C(C)Oc1ccc(Cl)cc1Cl. The van der Waals surface area contributed by atoms with Gasteiger partial charge in [-0.15, -0.1) is 16.8 Å². The van der Waals surface area contributed by atoms with Crippen LogP contribution in [0.25, 0.3) is 0 Å². The van der Waals surface area contributed by atoms with E-state index in [0.717, 1.165) is 0 Å². The van der Waals surface area contributed by atoms with Gasteiger partial charge in [-0.25, -0.2) is 0 Å². The maximum Gasteiger partial charge on any atom is 0.234 e. The second-order valence-electron chi connectivity index (χ2n) is 7.10. The summed E-state index contributed by atoms with van der Waals surface area (Å²) in [7, 11) is 2.98. The van der Waals surface area contributed by atoms with E-state index in [9.17, 15) is 4.79 Å². The molecule has 8 nitrogen and oxygen atoms in total. The molecule has 0 saturated carbocycles. The summed E-state index contributed by atoms with van der Waals surface area (Å²) in [6, 6.07) is 8.16. The van der Waals surface area contributed by atoms with Gasteiger partial charge in [0.25, 0.3) is 0 Å². The number of benzene rings is 2. The zero-order chi connectivity index (χ0) is 25.5. The number of carbonyl (C=O) groups excluding carboxylic acids is 1. The van der Waals surface area contributed by atoms with E-state index in [1.54, 1.807) is 36.4 Å². The number of hydrogen-bond donors (Lipinski definition) is 1. The van der Waals surface area contributed by atoms with Crippen molar-refractivity contribution in [2.75, 3.05) is 25.3 Å². The van der Waals surface area contributed by atoms with Crippen LogP contribution < -0.4 is 19.5 Å². The minimum atomic E-state index is -0.477. The van der Waals surface area contributed by atoms with Crippen LogP contribution in [-0.4, -0.2) is 40.6 Å². The maximum atomic E-state index is 12.7. The largest absolute Gasteiger partial charge is 0.495 e. The van der Waals surface area contributed by atoms with E-state index in [4.69, 9.17) is 49.0 Å². The number of halogens is 3. The van der Waals surface area contributed by atoms with Gasteiger partial charge in [-0.1, -0.05) is 52.6 Å². The van der Waals surface area contributed by atoms with E-state index in [1.807, 2.05) is 11.5 Å². The Bertz CT molecular complexity index is 1220. The number of hydrogen-bond acceptors (Lipinski definition) is 7. The molecule has 35 heavy (non-hydrogen) atoms. The van der Waals surface area contributed by atoms with E-state index >= 15 is 0 Å².